The molecule has 2 aliphatic carbocycles. The van der Waals surface area contributed by atoms with Crippen LogP contribution in [-0.4, -0.2) is 0 Å². The molecule has 1 atom stereocenters. The van der Waals surface area contributed by atoms with Gasteiger partial charge in [-0.05, 0) is 118 Å². The SMILES string of the molecule is C=Cc1ccccc1C1=CC(c2cc(C)cc(C3=CC=C(C(C)/C=C(\C=C(/C)c4ccccc4)c4ccccc4)CC3)c2)=C=C1C. The first-order valence-corrected chi connectivity index (χ1v) is 16.3. The van der Waals surface area contributed by atoms with E-state index in [2.05, 4.69) is 174 Å². The molecule has 0 heterocycles. The highest BCUT2D eigenvalue weighted by atomic mass is 14.2. The Bertz CT molecular complexity index is 1990. The Balaban J connectivity index is 1.27. The molecule has 226 valence electrons. The van der Waals surface area contributed by atoms with E-state index >= 15 is 0 Å². The molecule has 6 rings (SSSR count). The standard InChI is InChI=1S/C46H42/c1-6-36-15-13-14-20-45(36)46-31-44(29-35(46)5)42-26-32(2)25-41(30-42)40-23-21-38(22-24-40)34(4)28-43(39-18-11-8-12-19-39)27-33(3)37-16-9-7-10-17-37/h6-21,23,25-28,30-31,34H,1,22,24H2,2-5H3/b33-27+,43-28+. The molecule has 0 spiro atoms. The summed E-state index contributed by atoms with van der Waals surface area (Å²) in [6, 6.07) is 36.8. The van der Waals surface area contributed by atoms with E-state index in [0.29, 0.717) is 5.92 Å². The molecule has 0 aliphatic heterocycles. The monoisotopic (exact) mass is 594 g/mol. The van der Waals surface area contributed by atoms with Crippen molar-refractivity contribution < 1.29 is 0 Å². The van der Waals surface area contributed by atoms with Crippen molar-refractivity contribution in [2.24, 2.45) is 5.92 Å². The van der Waals surface area contributed by atoms with E-state index in [-0.39, 0.29) is 0 Å². The van der Waals surface area contributed by atoms with E-state index in [4.69, 9.17) is 0 Å². The Morgan fingerprint density at radius 1 is 0.783 bits per heavy atom. The predicted octanol–water partition coefficient (Wildman–Crippen LogP) is 12.6. The normalized spacial score (nSPS) is 15.8. The zero-order chi connectivity index (χ0) is 32.0. The summed E-state index contributed by atoms with van der Waals surface area (Å²) in [6.45, 7) is 12.9. The highest BCUT2D eigenvalue weighted by Gasteiger charge is 2.17. The second kappa shape index (κ2) is 13.9. The van der Waals surface area contributed by atoms with Crippen molar-refractivity contribution in [3.63, 3.8) is 0 Å². The van der Waals surface area contributed by atoms with Crippen molar-refractivity contribution in [3.05, 3.63) is 196 Å². The summed E-state index contributed by atoms with van der Waals surface area (Å²) in [5.41, 5.74) is 21.3. The number of rotatable bonds is 9. The second-order valence-electron chi connectivity index (χ2n) is 12.5. The van der Waals surface area contributed by atoms with E-state index in [9.17, 15) is 0 Å². The maximum absolute atomic E-state index is 4.03. The third-order valence-corrected chi connectivity index (χ3v) is 9.15. The van der Waals surface area contributed by atoms with Gasteiger partial charge >= 0.3 is 0 Å². The Morgan fingerprint density at radius 3 is 2.15 bits per heavy atom. The first kappa shape index (κ1) is 30.8. The molecule has 2 aliphatic rings. The van der Waals surface area contributed by atoms with E-state index in [1.54, 1.807) is 0 Å². The van der Waals surface area contributed by atoms with Crippen LogP contribution in [-0.2, 0) is 0 Å². The van der Waals surface area contributed by atoms with Crippen LogP contribution >= 0.6 is 0 Å². The molecular formula is C46H42. The molecule has 1 unspecified atom stereocenters. The van der Waals surface area contributed by atoms with Crippen molar-refractivity contribution in [2.75, 3.05) is 0 Å². The molecule has 0 nitrogen and oxygen atoms in total. The van der Waals surface area contributed by atoms with Gasteiger partial charge in [0, 0.05) is 5.57 Å². The Hall–Kier alpha value is -5.16. The number of hydrogen-bond acceptors (Lipinski definition) is 0. The van der Waals surface area contributed by atoms with Crippen molar-refractivity contribution in [1.82, 2.24) is 0 Å². The van der Waals surface area contributed by atoms with Gasteiger partial charge < -0.3 is 0 Å². The second-order valence-corrected chi connectivity index (χ2v) is 12.5. The maximum Gasteiger partial charge on any atom is 0.0246 e. The van der Waals surface area contributed by atoms with Crippen LogP contribution in [0.5, 0.6) is 0 Å². The third kappa shape index (κ3) is 6.89. The topological polar surface area (TPSA) is 0 Å². The predicted molar refractivity (Wildman–Crippen MR) is 201 cm³/mol. The fraction of sp³-hybridized carbons (Fsp3) is 0.152. The Kier molecular flexibility index (Phi) is 9.30. The number of benzene rings is 4. The van der Waals surface area contributed by atoms with Gasteiger partial charge in [0.2, 0.25) is 0 Å². The first-order valence-electron chi connectivity index (χ1n) is 16.3. The quantitative estimate of drug-likeness (QED) is 0.134. The average Bonchev–Trinajstić information content (AvgIpc) is 3.49. The van der Waals surface area contributed by atoms with E-state index in [1.807, 2.05) is 6.08 Å². The van der Waals surface area contributed by atoms with Crippen molar-refractivity contribution >= 4 is 33.9 Å². The number of aryl methyl sites for hydroxylation is 1. The van der Waals surface area contributed by atoms with Crippen molar-refractivity contribution in [1.29, 1.82) is 0 Å². The summed E-state index contributed by atoms with van der Waals surface area (Å²) in [5.74, 6) is 0.333. The van der Waals surface area contributed by atoms with Gasteiger partial charge in [-0.15, -0.1) is 5.73 Å². The van der Waals surface area contributed by atoms with Gasteiger partial charge in [0.15, 0.2) is 0 Å². The van der Waals surface area contributed by atoms with Gasteiger partial charge in [-0.2, -0.15) is 0 Å². The van der Waals surface area contributed by atoms with Crippen LogP contribution in [0.15, 0.2) is 157 Å². The van der Waals surface area contributed by atoms with Crippen LogP contribution in [0.25, 0.3) is 33.9 Å². The van der Waals surface area contributed by atoms with E-state index in [0.717, 1.165) is 24.0 Å². The molecular weight excluding hydrogens is 553 g/mol. The molecule has 0 amide bonds. The maximum atomic E-state index is 4.03. The first-order chi connectivity index (χ1) is 22.4. The van der Waals surface area contributed by atoms with Crippen LogP contribution in [0.4, 0.5) is 0 Å². The Morgan fingerprint density at radius 2 is 1.46 bits per heavy atom. The average molecular weight is 595 g/mol. The van der Waals surface area contributed by atoms with Gasteiger partial charge in [0.25, 0.3) is 0 Å². The lowest BCUT2D eigenvalue weighted by Crippen LogP contribution is -2.02. The lowest BCUT2D eigenvalue weighted by atomic mass is 9.85. The molecule has 0 saturated carbocycles. The molecule has 0 fully saturated rings. The summed E-state index contributed by atoms with van der Waals surface area (Å²) >= 11 is 0. The largest absolute Gasteiger partial charge is 0.108 e. The molecule has 46 heavy (non-hydrogen) atoms. The summed E-state index contributed by atoms with van der Waals surface area (Å²) in [7, 11) is 0. The molecule has 4 aromatic carbocycles. The van der Waals surface area contributed by atoms with Crippen LogP contribution in [0, 0.1) is 12.8 Å². The van der Waals surface area contributed by atoms with Crippen LogP contribution < -0.4 is 0 Å². The fourth-order valence-electron chi connectivity index (χ4n) is 6.56. The van der Waals surface area contributed by atoms with E-state index < -0.39 is 0 Å². The molecule has 0 radical (unpaired) electrons. The molecule has 0 N–H and O–H groups in total. The molecule has 0 saturated heterocycles. The lowest BCUT2D eigenvalue weighted by Gasteiger charge is -2.20. The highest BCUT2D eigenvalue weighted by molar-refractivity contribution is 5.97. The van der Waals surface area contributed by atoms with E-state index in [1.165, 1.54) is 66.8 Å². The van der Waals surface area contributed by atoms with Gasteiger partial charge in [-0.3, -0.25) is 0 Å². The highest BCUT2D eigenvalue weighted by Crippen LogP contribution is 2.37. The van der Waals surface area contributed by atoms with Crippen LogP contribution in [0.3, 0.4) is 0 Å². The van der Waals surface area contributed by atoms with Crippen LogP contribution in [0.1, 0.15) is 72.6 Å². The summed E-state index contributed by atoms with van der Waals surface area (Å²) < 4.78 is 0. The lowest BCUT2D eigenvalue weighted by molar-refractivity contribution is 0.781. The van der Waals surface area contributed by atoms with Gasteiger partial charge in [-0.25, -0.2) is 0 Å². The smallest absolute Gasteiger partial charge is 0.0246 e. The summed E-state index contributed by atoms with van der Waals surface area (Å²) in [5, 5.41) is 0. The zero-order valence-corrected chi connectivity index (χ0v) is 27.5. The minimum atomic E-state index is 0.333. The number of hydrogen-bond donors (Lipinski definition) is 0. The minimum Gasteiger partial charge on any atom is -0.108 e. The third-order valence-electron chi connectivity index (χ3n) is 9.15. The minimum absolute atomic E-state index is 0.333. The van der Waals surface area contributed by atoms with Crippen molar-refractivity contribution in [3.8, 4) is 0 Å². The van der Waals surface area contributed by atoms with Gasteiger partial charge in [0.05, 0.1) is 0 Å². The summed E-state index contributed by atoms with van der Waals surface area (Å²) in [6.07, 6.45) is 15.8. The van der Waals surface area contributed by atoms with Crippen molar-refractivity contribution in [2.45, 2.75) is 40.5 Å². The zero-order valence-electron chi connectivity index (χ0n) is 27.5. The number of allylic oxidation sites excluding steroid dienone is 11. The summed E-state index contributed by atoms with van der Waals surface area (Å²) in [4.78, 5) is 0. The molecule has 4 aromatic rings. The Labute approximate surface area is 275 Å². The van der Waals surface area contributed by atoms with Gasteiger partial charge in [0.1, 0.15) is 0 Å². The molecule has 0 aromatic heterocycles. The fourth-order valence-corrected chi connectivity index (χ4v) is 6.56. The van der Waals surface area contributed by atoms with Gasteiger partial charge in [-0.1, -0.05) is 147 Å². The molecule has 0 heteroatoms. The van der Waals surface area contributed by atoms with Crippen LogP contribution in [0.2, 0.25) is 0 Å². The molecule has 0 bridgehead atoms.